The number of nitrogens with two attached hydrogens (primary N) is 1. The van der Waals surface area contributed by atoms with Gasteiger partial charge in [0.25, 0.3) is 0 Å². The zero-order chi connectivity index (χ0) is 10.8. The third-order valence-electron chi connectivity index (χ3n) is 2.43. The van der Waals surface area contributed by atoms with E-state index in [1.807, 2.05) is 6.07 Å². The zero-order valence-corrected chi connectivity index (χ0v) is 8.83. The second kappa shape index (κ2) is 4.26. The molecule has 0 aromatic heterocycles. The highest BCUT2D eigenvalue weighted by Gasteiger charge is 2.20. The normalized spacial score (nSPS) is 15.4. The Balaban J connectivity index is 2.38. The van der Waals surface area contributed by atoms with Crippen LogP contribution in [-0.4, -0.2) is 25.1 Å². The molecule has 4 nitrogen and oxygen atoms in total. The van der Waals surface area contributed by atoms with E-state index in [4.69, 9.17) is 31.9 Å². The van der Waals surface area contributed by atoms with Gasteiger partial charge in [-0.15, -0.1) is 0 Å². The van der Waals surface area contributed by atoms with E-state index in [0.29, 0.717) is 23.1 Å². The average Bonchev–Trinajstić information content (AvgIpc) is 2.68. The predicted molar refractivity (Wildman–Crippen MR) is 56.5 cm³/mol. The average molecular weight is 230 g/mol. The van der Waals surface area contributed by atoms with Crippen molar-refractivity contribution in [2.24, 2.45) is 5.73 Å². The SMILES string of the molecule is NCC(CO)c1cc(Cl)c2c(c1)OCO2. The second-order valence-electron chi connectivity index (χ2n) is 3.35. The van der Waals surface area contributed by atoms with Crippen LogP contribution >= 0.6 is 11.6 Å². The molecule has 1 heterocycles. The van der Waals surface area contributed by atoms with Crippen LogP contribution in [0.2, 0.25) is 5.02 Å². The lowest BCUT2D eigenvalue weighted by atomic mass is 10.00. The molecule has 0 amide bonds. The standard InChI is InChI=1S/C10H12ClNO3/c11-8-1-6(7(3-12)4-13)2-9-10(8)15-5-14-9/h1-2,7,13H,3-5,12H2. The van der Waals surface area contributed by atoms with E-state index in [0.717, 1.165) is 5.56 Å². The lowest BCUT2D eigenvalue weighted by molar-refractivity contribution is 0.174. The number of aliphatic hydroxyl groups excluding tert-OH is 1. The number of hydrogen-bond acceptors (Lipinski definition) is 4. The number of halogens is 1. The van der Waals surface area contributed by atoms with Crippen LogP contribution in [-0.2, 0) is 0 Å². The Kier molecular flexibility index (Phi) is 3.00. The van der Waals surface area contributed by atoms with Crippen molar-refractivity contribution < 1.29 is 14.6 Å². The Morgan fingerprint density at radius 1 is 1.47 bits per heavy atom. The fourth-order valence-corrected chi connectivity index (χ4v) is 1.81. The third kappa shape index (κ3) is 1.88. The topological polar surface area (TPSA) is 64.7 Å². The minimum Gasteiger partial charge on any atom is -0.454 e. The van der Waals surface area contributed by atoms with E-state index in [1.165, 1.54) is 0 Å². The van der Waals surface area contributed by atoms with Gasteiger partial charge in [0.05, 0.1) is 11.6 Å². The molecule has 1 aliphatic heterocycles. The lowest BCUT2D eigenvalue weighted by Crippen LogP contribution is -2.15. The van der Waals surface area contributed by atoms with Gasteiger partial charge in [-0.05, 0) is 17.7 Å². The molecule has 5 heteroatoms. The van der Waals surface area contributed by atoms with Crippen molar-refractivity contribution in [2.75, 3.05) is 19.9 Å². The van der Waals surface area contributed by atoms with Crippen molar-refractivity contribution in [3.63, 3.8) is 0 Å². The summed E-state index contributed by atoms with van der Waals surface area (Å²) in [5.41, 5.74) is 6.41. The Labute approximate surface area is 92.5 Å². The van der Waals surface area contributed by atoms with Gasteiger partial charge in [0, 0.05) is 12.5 Å². The first-order valence-corrected chi connectivity index (χ1v) is 5.04. The van der Waals surface area contributed by atoms with Crippen molar-refractivity contribution in [1.29, 1.82) is 0 Å². The highest BCUT2D eigenvalue weighted by Crippen LogP contribution is 2.41. The van der Waals surface area contributed by atoms with Gasteiger partial charge >= 0.3 is 0 Å². The highest BCUT2D eigenvalue weighted by molar-refractivity contribution is 6.32. The molecule has 3 N–H and O–H groups in total. The summed E-state index contributed by atoms with van der Waals surface area (Å²) in [4.78, 5) is 0. The monoisotopic (exact) mass is 229 g/mol. The molecule has 1 atom stereocenters. The van der Waals surface area contributed by atoms with Gasteiger partial charge in [-0.25, -0.2) is 0 Å². The summed E-state index contributed by atoms with van der Waals surface area (Å²) in [5, 5.41) is 9.62. The molecule has 0 saturated heterocycles. The van der Waals surface area contributed by atoms with Crippen molar-refractivity contribution in [2.45, 2.75) is 5.92 Å². The van der Waals surface area contributed by atoms with Crippen LogP contribution in [0, 0.1) is 0 Å². The first-order valence-electron chi connectivity index (χ1n) is 4.66. The van der Waals surface area contributed by atoms with E-state index >= 15 is 0 Å². The summed E-state index contributed by atoms with van der Waals surface area (Å²) in [7, 11) is 0. The molecule has 2 rings (SSSR count). The Morgan fingerprint density at radius 2 is 2.27 bits per heavy atom. The molecule has 0 radical (unpaired) electrons. The summed E-state index contributed by atoms with van der Waals surface area (Å²) in [6.45, 7) is 0.546. The Morgan fingerprint density at radius 3 is 2.93 bits per heavy atom. The molecule has 0 saturated carbocycles. The summed E-state index contributed by atoms with van der Waals surface area (Å²) in [6.07, 6.45) is 0. The Bertz CT molecular complexity index is 366. The summed E-state index contributed by atoms with van der Waals surface area (Å²) in [5.74, 6) is 1.07. The van der Waals surface area contributed by atoms with E-state index in [9.17, 15) is 0 Å². The molecule has 15 heavy (non-hydrogen) atoms. The quantitative estimate of drug-likeness (QED) is 0.815. The van der Waals surface area contributed by atoms with Gasteiger partial charge in [-0.3, -0.25) is 0 Å². The maximum absolute atomic E-state index is 9.12. The minimum absolute atomic E-state index is 0.00747. The van der Waals surface area contributed by atoms with Gasteiger partial charge in [-0.2, -0.15) is 0 Å². The van der Waals surface area contributed by atoms with Gasteiger partial charge in [-0.1, -0.05) is 11.6 Å². The van der Waals surface area contributed by atoms with Gasteiger partial charge in [0.15, 0.2) is 11.5 Å². The van der Waals surface area contributed by atoms with E-state index < -0.39 is 0 Å². The van der Waals surface area contributed by atoms with Crippen molar-refractivity contribution in [3.8, 4) is 11.5 Å². The molecule has 0 fully saturated rings. The fourth-order valence-electron chi connectivity index (χ4n) is 1.54. The molecule has 1 aromatic carbocycles. The summed E-state index contributed by atoms with van der Waals surface area (Å²) < 4.78 is 10.4. The molecule has 1 aromatic rings. The molecule has 1 unspecified atom stereocenters. The number of ether oxygens (including phenoxy) is 2. The van der Waals surface area contributed by atoms with E-state index in [-0.39, 0.29) is 19.3 Å². The summed E-state index contributed by atoms with van der Waals surface area (Å²) in [6, 6.07) is 3.56. The molecule has 0 spiro atoms. The maximum atomic E-state index is 9.12. The van der Waals surface area contributed by atoms with Crippen LogP contribution < -0.4 is 15.2 Å². The summed E-state index contributed by atoms with van der Waals surface area (Å²) >= 11 is 6.01. The van der Waals surface area contributed by atoms with E-state index in [1.54, 1.807) is 6.07 Å². The minimum atomic E-state index is -0.114. The third-order valence-corrected chi connectivity index (χ3v) is 2.71. The number of rotatable bonds is 3. The van der Waals surface area contributed by atoms with Crippen molar-refractivity contribution in [1.82, 2.24) is 0 Å². The van der Waals surface area contributed by atoms with Crippen molar-refractivity contribution in [3.05, 3.63) is 22.7 Å². The molecule has 0 aliphatic carbocycles. The highest BCUT2D eigenvalue weighted by atomic mass is 35.5. The molecular weight excluding hydrogens is 218 g/mol. The predicted octanol–water partition coefficient (Wildman–Crippen LogP) is 1.10. The van der Waals surface area contributed by atoms with Crippen molar-refractivity contribution >= 4 is 11.6 Å². The number of benzene rings is 1. The van der Waals surface area contributed by atoms with Gasteiger partial charge in [0.2, 0.25) is 6.79 Å². The van der Waals surface area contributed by atoms with Gasteiger partial charge in [0.1, 0.15) is 0 Å². The van der Waals surface area contributed by atoms with Gasteiger partial charge < -0.3 is 20.3 Å². The number of aliphatic hydroxyl groups is 1. The molecule has 82 valence electrons. The number of hydrogen-bond donors (Lipinski definition) is 2. The van der Waals surface area contributed by atoms with Crippen LogP contribution in [0.15, 0.2) is 12.1 Å². The van der Waals surface area contributed by atoms with Crippen LogP contribution in [0.4, 0.5) is 0 Å². The lowest BCUT2D eigenvalue weighted by Gasteiger charge is -2.13. The maximum Gasteiger partial charge on any atom is 0.231 e. The Hall–Kier alpha value is -0.970. The van der Waals surface area contributed by atoms with Crippen LogP contribution in [0.1, 0.15) is 11.5 Å². The zero-order valence-electron chi connectivity index (χ0n) is 8.07. The molecule has 0 bridgehead atoms. The second-order valence-corrected chi connectivity index (χ2v) is 3.76. The fraction of sp³-hybridized carbons (Fsp3) is 0.400. The number of fused-ring (bicyclic) bond motifs is 1. The van der Waals surface area contributed by atoms with Crippen LogP contribution in [0.25, 0.3) is 0 Å². The van der Waals surface area contributed by atoms with Crippen LogP contribution in [0.3, 0.4) is 0 Å². The van der Waals surface area contributed by atoms with Crippen LogP contribution in [0.5, 0.6) is 11.5 Å². The smallest absolute Gasteiger partial charge is 0.231 e. The molecular formula is C10H12ClNO3. The van der Waals surface area contributed by atoms with E-state index in [2.05, 4.69) is 0 Å². The largest absolute Gasteiger partial charge is 0.454 e. The first kappa shape index (κ1) is 10.5. The first-order chi connectivity index (χ1) is 7.26. The molecule has 1 aliphatic rings.